The first-order chi connectivity index (χ1) is 9.11. The molecule has 0 unspecified atom stereocenters. The number of rotatable bonds is 5. The fraction of sp³-hybridized carbons (Fsp3) is 0.333. The van der Waals surface area contributed by atoms with Crippen molar-refractivity contribution >= 4 is 5.97 Å². The van der Waals surface area contributed by atoms with E-state index in [-0.39, 0.29) is 6.42 Å². The molecular weight excluding hydrogens is 240 g/mol. The highest BCUT2D eigenvalue weighted by Crippen LogP contribution is 2.18. The van der Waals surface area contributed by atoms with Crippen LogP contribution in [0.25, 0.3) is 5.69 Å². The molecule has 1 N–H and O–H groups in total. The van der Waals surface area contributed by atoms with Crippen LogP contribution in [0.3, 0.4) is 0 Å². The largest absolute Gasteiger partial charge is 0.481 e. The molecule has 0 aliphatic rings. The molecule has 0 bridgehead atoms. The minimum absolute atomic E-state index is 0.117. The lowest BCUT2D eigenvalue weighted by Crippen LogP contribution is -2.04. The number of hydrogen-bond acceptors (Lipinski definition) is 2. The third kappa shape index (κ3) is 3.02. The maximum atomic E-state index is 10.6. The Morgan fingerprint density at radius 3 is 2.79 bits per heavy atom. The molecule has 0 aliphatic carbocycles. The zero-order valence-corrected chi connectivity index (χ0v) is 11.3. The van der Waals surface area contributed by atoms with E-state index in [0.717, 1.165) is 23.5 Å². The van der Waals surface area contributed by atoms with Crippen LogP contribution in [0.15, 0.2) is 30.3 Å². The minimum atomic E-state index is -0.791. The maximum Gasteiger partial charge on any atom is 0.303 e. The van der Waals surface area contributed by atoms with Gasteiger partial charge in [0.15, 0.2) is 0 Å². The van der Waals surface area contributed by atoms with Crippen molar-refractivity contribution in [3.05, 3.63) is 47.3 Å². The van der Waals surface area contributed by atoms with Gasteiger partial charge in [0.1, 0.15) is 0 Å². The van der Waals surface area contributed by atoms with Crippen molar-refractivity contribution in [3.8, 4) is 5.69 Å². The molecule has 1 heterocycles. The average Bonchev–Trinajstić information content (AvgIpc) is 2.77. The summed E-state index contributed by atoms with van der Waals surface area (Å²) in [6.07, 6.45) is 1.53. The Hall–Kier alpha value is -2.10. The van der Waals surface area contributed by atoms with E-state index >= 15 is 0 Å². The van der Waals surface area contributed by atoms with Crippen molar-refractivity contribution in [2.75, 3.05) is 0 Å². The molecule has 2 aromatic rings. The quantitative estimate of drug-likeness (QED) is 0.897. The van der Waals surface area contributed by atoms with Crippen LogP contribution in [0.4, 0.5) is 0 Å². The second kappa shape index (κ2) is 5.69. The van der Waals surface area contributed by atoms with Crippen LogP contribution in [-0.2, 0) is 17.6 Å². The Bertz CT molecular complexity index is 588. The van der Waals surface area contributed by atoms with Gasteiger partial charge in [-0.05, 0) is 31.0 Å². The highest BCUT2D eigenvalue weighted by Gasteiger charge is 2.10. The molecule has 4 heteroatoms. The summed E-state index contributed by atoms with van der Waals surface area (Å²) in [5.74, 6) is -0.791. The third-order valence-electron chi connectivity index (χ3n) is 3.13. The number of hydrogen-bond donors (Lipinski definition) is 1. The van der Waals surface area contributed by atoms with Crippen LogP contribution in [0.2, 0.25) is 0 Å². The number of para-hydroxylation sites is 1. The van der Waals surface area contributed by atoms with Crippen LogP contribution in [0, 0.1) is 6.92 Å². The number of carboxylic acids is 1. The van der Waals surface area contributed by atoms with Crippen molar-refractivity contribution in [3.63, 3.8) is 0 Å². The zero-order valence-electron chi connectivity index (χ0n) is 11.3. The van der Waals surface area contributed by atoms with E-state index in [1.165, 1.54) is 5.56 Å². The van der Waals surface area contributed by atoms with Crippen LogP contribution < -0.4 is 0 Å². The molecule has 4 nitrogen and oxygen atoms in total. The van der Waals surface area contributed by atoms with E-state index in [2.05, 4.69) is 18.1 Å². The van der Waals surface area contributed by atoms with Crippen LogP contribution in [0.1, 0.15) is 30.3 Å². The van der Waals surface area contributed by atoms with Gasteiger partial charge in [-0.2, -0.15) is 5.10 Å². The molecule has 0 aliphatic heterocycles. The normalized spacial score (nSPS) is 10.6. The second-order valence-corrected chi connectivity index (χ2v) is 4.56. The van der Waals surface area contributed by atoms with Crippen molar-refractivity contribution in [1.29, 1.82) is 0 Å². The Balaban J connectivity index is 2.32. The molecule has 0 spiro atoms. The lowest BCUT2D eigenvalue weighted by atomic mass is 10.1. The Labute approximate surface area is 112 Å². The summed E-state index contributed by atoms with van der Waals surface area (Å²) in [6.45, 7) is 4.10. The molecule has 1 aromatic heterocycles. The molecule has 0 fully saturated rings. The Morgan fingerprint density at radius 2 is 2.11 bits per heavy atom. The van der Waals surface area contributed by atoms with E-state index in [9.17, 15) is 4.79 Å². The topological polar surface area (TPSA) is 55.1 Å². The fourth-order valence-electron chi connectivity index (χ4n) is 2.16. The molecule has 0 radical (unpaired) electrons. The highest BCUT2D eigenvalue weighted by atomic mass is 16.4. The summed E-state index contributed by atoms with van der Waals surface area (Å²) < 4.78 is 1.90. The van der Waals surface area contributed by atoms with Gasteiger partial charge in [-0.3, -0.25) is 4.79 Å². The van der Waals surface area contributed by atoms with Crippen LogP contribution in [0.5, 0.6) is 0 Å². The Morgan fingerprint density at radius 1 is 1.37 bits per heavy atom. The van der Waals surface area contributed by atoms with E-state index in [1.807, 2.05) is 35.9 Å². The number of nitrogens with zero attached hydrogens (tertiary/aromatic N) is 2. The lowest BCUT2D eigenvalue weighted by Gasteiger charge is -2.09. The molecule has 100 valence electrons. The van der Waals surface area contributed by atoms with Crippen molar-refractivity contribution in [2.45, 2.75) is 33.1 Å². The monoisotopic (exact) mass is 258 g/mol. The minimum Gasteiger partial charge on any atom is -0.481 e. The molecule has 0 atom stereocenters. The van der Waals surface area contributed by atoms with E-state index in [4.69, 9.17) is 5.11 Å². The summed E-state index contributed by atoms with van der Waals surface area (Å²) in [5, 5.41) is 13.2. The smallest absolute Gasteiger partial charge is 0.303 e. The summed E-state index contributed by atoms with van der Waals surface area (Å²) in [5.41, 5.74) is 4.16. The number of aliphatic carboxylic acids is 1. The van der Waals surface area contributed by atoms with E-state index < -0.39 is 5.97 Å². The van der Waals surface area contributed by atoms with Gasteiger partial charge in [0, 0.05) is 12.1 Å². The fourth-order valence-corrected chi connectivity index (χ4v) is 2.16. The van der Waals surface area contributed by atoms with Gasteiger partial charge in [0.2, 0.25) is 0 Å². The van der Waals surface area contributed by atoms with Gasteiger partial charge in [-0.1, -0.05) is 25.1 Å². The van der Waals surface area contributed by atoms with Gasteiger partial charge >= 0.3 is 5.97 Å². The number of carboxylic acid groups (broad SMARTS) is 1. The standard InChI is InChI=1S/C15H18N2O2/c1-3-12-6-4-5-7-14(12)17-11(2)10-13(16-17)8-9-15(18)19/h4-7,10H,3,8-9H2,1-2H3,(H,18,19). The van der Waals surface area contributed by atoms with E-state index in [1.54, 1.807) is 0 Å². The van der Waals surface area contributed by atoms with Gasteiger partial charge in [-0.25, -0.2) is 4.68 Å². The molecule has 0 saturated heterocycles. The number of benzene rings is 1. The molecule has 1 aromatic carbocycles. The number of carbonyl (C=O) groups is 1. The first-order valence-electron chi connectivity index (χ1n) is 6.47. The van der Waals surface area contributed by atoms with Gasteiger partial charge in [0.25, 0.3) is 0 Å². The second-order valence-electron chi connectivity index (χ2n) is 4.56. The molecule has 0 amide bonds. The summed E-state index contributed by atoms with van der Waals surface area (Å²) in [7, 11) is 0. The highest BCUT2D eigenvalue weighted by molar-refractivity contribution is 5.67. The van der Waals surface area contributed by atoms with Crippen LogP contribution in [-0.4, -0.2) is 20.9 Å². The Kier molecular flexibility index (Phi) is 4.00. The van der Waals surface area contributed by atoms with Gasteiger partial charge in [-0.15, -0.1) is 0 Å². The SMILES string of the molecule is CCc1ccccc1-n1nc(CCC(=O)O)cc1C. The predicted molar refractivity (Wildman–Crippen MR) is 73.6 cm³/mol. The summed E-state index contributed by atoms with van der Waals surface area (Å²) in [4.78, 5) is 10.6. The molecular formula is C15H18N2O2. The molecule has 2 rings (SSSR count). The lowest BCUT2D eigenvalue weighted by molar-refractivity contribution is -0.136. The zero-order chi connectivity index (χ0) is 13.8. The van der Waals surface area contributed by atoms with Crippen molar-refractivity contribution in [2.24, 2.45) is 0 Å². The molecule has 19 heavy (non-hydrogen) atoms. The van der Waals surface area contributed by atoms with Crippen molar-refractivity contribution < 1.29 is 9.90 Å². The van der Waals surface area contributed by atoms with Gasteiger partial charge < -0.3 is 5.11 Å². The molecule has 0 saturated carbocycles. The first kappa shape index (κ1) is 13.3. The third-order valence-corrected chi connectivity index (χ3v) is 3.13. The van der Waals surface area contributed by atoms with Crippen LogP contribution >= 0.6 is 0 Å². The summed E-state index contributed by atoms with van der Waals surface area (Å²) >= 11 is 0. The first-order valence-corrected chi connectivity index (χ1v) is 6.47. The van der Waals surface area contributed by atoms with Crippen molar-refractivity contribution in [1.82, 2.24) is 9.78 Å². The number of aromatic nitrogens is 2. The summed E-state index contributed by atoms with van der Waals surface area (Å²) in [6, 6.07) is 10.1. The van der Waals surface area contributed by atoms with Gasteiger partial charge in [0.05, 0.1) is 17.8 Å². The predicted octanol–water partition coefficient (Wildman–Crippen LogP) is 2.76. The maximum absolute atomic E-state index is 10.6. The number of aryl methyl sites for hydroxylation is 3. The average molecular weight is 258 g/mol. The van der Waals surface area contributed by atoms with E-state index in [0.29, 0.717) is 6.42 Å².